The minimum atomic E-state index is -3.62. The normalized spacial score (nSPS) is 23.6. The van der Waals surface area contributed by atoms with Crippen LogP contribution >= 0.6 is 0 Å². The third kappa shape index (κ3) is 4.51. The molecule has 7 heteroatoms. The van der Waals surface area contributed by atoms with Crippen molar-refractivity contribution in [1.82, 2.24) is 10.2 Å². The third-order valence-electron chi connectivity index (χ3n) is 3.93. The van der Waals surface area contributed by atoms with Gasteiger partial charge in [-0.2, -0.15) is 0 Å². The summed E-state index contributed by atoms with van der Waals surface area (Å²) in [6.07, 6.45) is 0. The minimum Gasteiger partial charge on any atom is -0.339 e. The number of nitrogens with zero attached hydrogens (tertiary/aromatic N) is 1. The van der Waals surface area contributed by atoms with Crippen LogP contribution in [0.1, 0.15) is 20.8 Å². The summed E-state index contributed by atoms with van der Waals surface area (Å²) in [7, 11) is -3.62. The molecule has 128 valence electrons. The summed E-state index contributed by atoms with van der Waals surface area (Å²) in [5.74, 6) is -1.56. The van der Waals surface area contributed by atoms with Gasteiger partial charge in [0.15, 0.2) is 9.84 Å². The van der Waals surface area contributed by atoms with Gasteiger partial charge in [0.25, 0.3) is 0 Å². The zero-order chi connectivity index (χ0) is 17.2. The van der Waals surface area contributed by atoms with Gasteiger partial charge in [-0.1, -0.05) is 6.92 Å². The van der Waals surface area contributed by atoms with E-state index >= 15 is 0 Å². The molecule has 1 aromatic rings. The second-order valence-electron chi connectivity index (χ2n) is 6.35. The number of carbonyl (C=O) groups excluding carboxylic acids is 1. The number of hydrogen-bond acceptors (Lipinski definition) is 4. The van der Waals surface area contributed by atoms with E-state index < -0.39 is 21.6 Å². The molecule has 2 rings (SSSR count). The van der Waals surface area contributed by atoms with Crippen LogP contribution < -0.4 is 5.32 Å². The van der Waals surface area contributed by atoms with Gasteiger partial charge in [-0.05, 0) is 38.1 Å². The van der Waals surface area contributed by atoms with E-state index in [9.17, 15) is 17.6 Å². The molecule has 1 amide bonds. The average molecular weight is 342 g/mol. The van der Waals surface area contributed by atoms with E-state index in [0.717, 1.165) is 12.1 Å². The van der Waals surface area contributed by atoms with E-state index in [1.807, 2.05) is 13.8 Å². The number of benzene rings is 1. The number of nitrogens with one attached hydrogen (secondary N) is 1. The van der Waals surface area contributed by atoms with Gasteiger partial charge in [-0.15, -0.1) is 0 Å². The van der Waals surface area contributed by atoms with Crippen molar-refractivity contribution in [3.8, 4) is 0 Å². The van der Waals surface area contributed by atoms with Gasteiger partial charge in [-0.25, -0.2) is 12.8 Å². The molecule has 1 N–H and O–H groups in total. The second-order valence-corrected chi connectivity index (χ2v) is 8.38. The molecule has 1 aliphatic rings. The summed E-state index contributed by atoms with van der Waals surface area (Å²) in [6.45, 7) is 6.76. The van der Waals surface area contributed by atoms with Gasteiger partial charge < -0.3 is 10.2 Å². The molecule has 1 fully saturated rings. The molecular weight excluding hydrogens is 319 g/mol. The monoisotopic (exact) mass is 342 g/mol. The van der Waals surface area contributed by atoms with Gasteiger partial charge in [0, 0.05) is 31.1 Å². The number of sulfone groups is 1. The Hall–Kier alpha value is -1.47. The molecule has 0 aliphatic carbocycles. The number of rotatable bonds is 4. The van der Waals surface area contributed by atoms with Crippen LogP contribution in [-0.4, -0.2) is 50.2 Å². The molecular formula is C16H23FN2O3S. The van der Waals surface area contributed by atoms with Crippen LogP contribution in [0, 0.1) is 11.7 Å². The van der Waals surface area contributed by atoms with E-state index in [4.69, 9.17) is 0 Å². The summed E-state index contributed by atoms with van der Waals surface area (Å²) in [6, 6.07) is 5.05. The van der Waals surface area contributed by atoms with E-state index in [-0.39, 0.29) is 28.6 Å². The summed E-state index contributed by atoms with van der Waals surface area (Å²) >= 11 is 0. The lowest BCUT2D eigenvalue weighted by molar-refractivity contribution is -0.136. The molecule has 1 heterocycles. The van der Waals surface area contributed by atoms with E-state index in [2.05, 4.69) is 5.32 Å². The molecule has 0 bridgehead atoms. The lowest BCUT2D eigenvalue weighted by Crippen LogP contribution is -2.57. The highest BCUT2D eigenvalue weighted by Crippen LogP contribution is 2.17. The van der Waals surface area contributed by atoms with Crippen molar-refractivity contribution < 1.29 is 17.6 Å². The van der Waals surface area contributed by atoms with Crippen molar-refractivity contribution in [2.75, 3.05) is 18.8 Å². The molecule has 5 nitrogen and oxygen atoms in total. The summed E-state index contributed by atoms with van der Waals surface area (Å²) in [5, 5.41) is 3.33. The average Bonchev–Trinajstić information content (AvgIpc) is 2.45. The lowest BCUT2D eigenvalue weighted by Gasteiger charge is -2.37. The Morgan fingerprint density at radius 3 is 2.30 bits per heavy atom. The number of piperazine rings is 1. The Morgan fingerprint density at radius 2 is 1.78 bits per heavy atom. The van der Waals surface area contributed by atoms with Crippen LogP contribution in [-0.2, 0) is 14.6 Å². The van der Waals surface area contributed by atoms with Crippen molar-refractivity contribution in [2.45, 2.75) is 37.8 Å². The van der Waals surface area contributed by atoms with Gasteiger partial charge >= 0.3 is 0 Å². The molecule has 0 spiro atoms. The molecule has 0 radical (unpaired) electrons. The first kappa shape index (κ1) is 17.9. The van der Waals surface area contributed by atoms with Gasteiger partial charge in [-0.3, -0.25) is 4.79 Å². The van der Waals surface area contributed by atoms with E-state index in [1.54, 1.807) is 11.8 Å². The quantitative estimate of drug-likeness (QED) is 0.841. The van der Waals surface area contributed by atoms with Crippen LogP contribution in [0.3, 0.4) is 0 Å². The summed E-state index contributed by atoms with van der Waals surface area (Å²) < 4.78 is 37.6. The van der Waals surface area contributed by atoms with Gasteiger partial charge in [0.1, 0.15) is 5.82 Å². The molecule has 3 atom stereocenters. The largest absolute Gasteiger partial charge is 0.339 e. The highest BCUT2D eigenvalue weighted by molar-refractivity contribution is 7.91. The van der Waals surface area contributed by atoms with Crippen LogP contribution in [0.2, 0.25) is 0 Å². The molecule has 0 aromatic heterocycles. The fourth-order valence-corrected chi connectivity index (χ4v) is 4.50. The molecule has 23 heavy (non-hydrogen) atoms. The molecule has 1 saturated heterocycles. The first-order chi connectivity index (χ1) is 10.7. The van der Waals surface area contributed by atoms with Gasteiger partial charge in [0.2, 0.25) is 5.91 Å². The van der Waals surface area contributed by atoms with Crippen molar-refractivity contribution in [3.63, 3.8) is 0 Å². The Morgan fingerprint density at radius 1 is 1.26 bits per heavy atom. The van der Waals surface area contributed by atoms with Crippen molar-refractivity contribution in [1.29, 1.82) is 0 Å². The second kappa shape index (κ2) is 6.97. The fraction of sp³-hybridized carbons (Fsp3) is 0.562. The first-order valence-electron chi connectivity index (χ1n) is 7.72. The van der Waals surface area contributed by atoms with E-state index in [0.29, 0.717) is 13.1 Å². The highest BCUT2D eigenvalue weighted by atomic mass is 32.2. The Bertz CT molecular complexity index is 650. The lowest BCUT2D eigenvalue weighted by atomic mass is 10.1. The molecule has 1 aliphatic heterocycles. The maximum atomic E-state index is 12.9. The zero-order valence-electron chi connectivity index (χ0n) is 13.6. The molecule has 0 saturated carbocycles. The SMILES string of the molecule is C[C@@H]1CN(C(=O)[C@@H](C)CS(=O)(=O)c2ccc(F)cc2)C[C@H](C)N1. The number of amides is 1. The summed E-state index contributed by atoms with van der Waals surface area (Å²) in [4.78, 5) is 14.3. The van der Waals surface area contributed by atoms with Crippen LogP contribution in [0.15, 0.2) is 29.2 Å². The van der Waals surface area contributed by atoms with Crippen LogP contribution in [0.5, 0.6) is 0 Å². The topological polar surface area (TPSA) is 66.5 Å². The standard InChI is InChI=1S/C16H23FN2O3S/c1-11(16(20)19-8-12(2)18-13(3)9-19)10-23(21,22)15-6-4-14(17)5-7-15/h4-7,11-13,18H,8-10H2,1-3H3/t11-,12-,13+/m0/s1. The molecule has 1 aromatic carbocycles. The fourth-order valence-electron chi connectivity index (χ4n) is 2.96. The predicted molar refractivity (Wildman–Crippen MR) is 86.3 cm³/mol. The Balaban J connectivity index is 2.06. The number of carbonyl (C=O) groups is 1. The maximum Gasteiger partial charge on any atom is 0.226 e. The minimum absolute atomic E-state index is 0.0422. The van der Waals surface area contributed by atoms with Gasteiger partial charge in [0.05, 0.1) is 10.6 Å². The Labute approximate surface area is 136 Å². The highest BCUT2D eigenvalue weighted by Gasteiger charge is 2.30. The number of hydrogen-bond donors (Lipinski definition) is 1. The smallest absolute Gasteiger partial charge is 0.226 e. The number of halogens is 1. The first-order valence-corrected chi connectivity index (χ1v) is 9.37. The third-order valence-corrected chi connectivity index (χ3v) is 5.86. The molecule has 0 unspecified atom stereocenters. The van der Waals surface area contributed by atoms with Crippen molar-refractivity contribution >= 4 is 15.7 Å². The summed E-state index contributed by atoms with van der Waals surface area (Å²) in [5.41, 5.74) is 0. The van der Waals surface area contributed by atoms with Crippen LogP contribution in [0.25, 0.3) is 0 Å². The van der Waals surface area contributed by atoms with Crippen molar-refractivity contribution in [3.05, 3.63) is 30.1 Å². The predicted octanol–water partition coefficient (Wildman–Crippen LogP) is 1.44. The van der Waals surface area contributed by atoms with Crippen molar-refractivity contribution in [2.24, 2.45) is 5.92 Å². The van der Waals surface area contributed by atoms with Crippen LogP contribution in [0.4, 0.5) is 4.39 Å². The van der Waals surface area contributed by atoms with E-state index in [1.165, 1.54) is 12.1 Å². The maximum absolute atomic E-state index is 12.9. The zero-order valence-corrected chi connectivity index (χ0v) is 14.4. The Kier molecular flexibility index (Phi) is 5.41.